The van der Waals surface area contributed by atoms with E-state index in [9.17, 15) is 9.90 Å². The fourth-order valence-electron chi connectivity index (χ4n) is 2.37. The van der Waals surface area contributed by atoms with Gasteiger partial charge in [-0.15, -0.1) is 11.3 Å². The van der Waals surface area contributed by atoms with E-state index in [1.54, 1.807) is 36.3 Å². The molecule has 0 saturated carbocycles. The Bertz CT molecular complexity index is 984. The summed E-state index contributed by atoms with van der Waals surface area (Å²) in [7, 11) is 1.76. The van der Waals surface area contributed by atoms with E-state index < -0.39 is 5.97 Å². The van der Waals surface area contributed by atoms with Gasteiger partial charge in [-0.25, -0.2) is 14.8 Å². The Morgan fingerprint density at radius 2 is 2.08 bits per heavy atom. The number of benzene rings is 2. The summed E-state index contributed by atoms with van der Waals surface area (Å²) in [5.41, 5.74) is 3.48. The normalized spacial score (nSPS) is 11.0. The molecule has 5 nitrogen and oxygen atoms in total. The van der Waals surface area contributed by atoms with Gasteiger partial charge >= 0.3 is 5.97 Å². The lowest BCUT2D eigenvalue weighted by molar-refractivity contribution is 0.0697. The van der Waals surface area contributed by atoms with Crippen molar-refractivity contribution in [3.05, 3.63) is 69.6 Å². The minimum Gasteiger partial charge on any atom is -0.478 e. The minimum atomic E-state index is -0.986. The molecule has 0 aliphatic rings. The molecule has 0 aliphatic heterocycles. The van der Waals surface area contributed by atoms with Gasteiger partial charge in [-0.1, -0.05) is 41.9 Å². The number of rotatable bonds is 5. The van der Waals surface area contributed by atoms with E-state index in [0.717, 1.165) is 16.8 Å². The van der Waals surface area contributed by atoms with E-state index in [2.05, 4.69) is 10.1 Å². The van der Waals surface area contributed by atoms with Crippen molar-refractivity contribution < 1.29 is 9.90 Å². The van der Waals surface area contributed by atoms with Crippen molar-refractivity contribution in [1.82, 2.24) is 4.98 Å². The summed E-state index contributed by atoms with van der Waals surface area (Å²) >= 11 is 7.74. The summed E-state index contributed by atoms with van der Waals surface area (Å²) in [5, 5.41) is 18.4. The first-order chi connectivity index (χ1) is 12.5. The van der Waals surface area contributed by atoms with Crippen LogP contribution < -0.4 is 5.01 Å². The predicted octanol–water partition coefficient (Wildman–Crippen LogP) is 4.94. The molecule has 0 spiro atoms. The topological polar surface area (TPSA) is 65.8 Å². The highest BCUT2D eigenvalue weighted by Gasteiger charge is 2.11. The van der Waals surface area contributed by atoms with E-state index in [4.69, 9.17) is 11.6 Å². The van der Waals surface area contributed by atoms with E-state index in [0.29, 0.717) is 15.7 Å². The maximum absolute atomic E-state index is 11.3. The first kappa shape index (κ1) is 18.1. The van der Waals surface area contributed by atoms with Crippen molar-refractivity contribution in [3.8, 4) is 11.3 Å². The molecule has 0 bridgehead atoms. The zero-order valence-electron chi connectivity index (χ0n) is 14.2. The van der Waals surface area contributed by atoms with Gasteiger partial charge in [0.2, 0.25) is 5.13 Å². The van der Waals surface area contributed by atoms with Gasteiger partial charge in [-0.05, 0) is 24.6 Å². The van der Waals surface area contributed by atoms with Gasteiger partial charge in [0, 0.05) is 23.6 Å². The van der Waals surface area contributed by atoms with Crippen LogP contribution >= 0.6 is 22.9 Å². The minimum absolute atomic E-state index is 0.205. The van der Waals surface area contributed by atoms with Crippen LogP contribution in [0.4, 0.5) is 5.13 Å². The average molecular weight is 386 g/mol. The Kier molecular flexibility index (Phi) is 5.35. The van der Waals surface area contributed by atoms with Crippen LogP contribution in [0.15, 0.2) is 52.9 Å². The Hall–Kier alpha value is -2.70. The Balaban J connectivity index is 1.83. The molecule has 0 amide bonds. The second kappa shape index (κ2) is 7.68. The van der Waals surface area contributed by atoms with Gasteiger partial charge in [-0.2, -0.15) is 5.10 Å². The zero-order valence-corrected chi connectivity index (χ0v) is 15.8. The summed E-state index contributed by atoms with van der Waals surface area (Å²) in [5.74, 6) is -0.986. The second-order valence-electron chi connectivity index (χ2n) is 5.66. The summed E-state index contributed by atoms with van der Waals surface area (Å²) in [6.45, 7) is 1.99. The second-order valence-corrected chi connectivity index (χ2v) is 6.90. The van der Waals surface area contributed by atoms with Gasteiger partial charge in [-0.3, -0.25) is 0 Å². The van der Waals surface area contributed by atoms with Crippen molar-refractivity contribution in [1.29, 1.82) is 0 Å². The summed E-state index contributed by atoms with van der Waals surface area (Å²) in [6, 6.07) is 12.6. The van der Waals surface area contributed by atoms with Gasteiger partial charge in [0.05, 0.1) is 22.5 Å². The molecule has 1 aromatic heterocycles. The Morgan fingerprint density at radius 3 is 2.81 bits per heavy atom. The number of aromatic nitrogens is 1. The quantitative estimate of drug-likeness (QED) is 0.499. The van der Waals surface area contributed by atoms with Gasteiger partial charge in [0.1, 0.15) is 0 Å². The lowest BCUT2D eigenvalue weighted by Crippen LogP contribution is -2.09. The number of carboxylic acid groups (broad SMARTS) is 1. The number of aromatic carboxylic acids is 1. The van der Waals surface area contributed by atoms with E-state index in [1.165, 1.54) is 17.6 Å². The number of hydrogen-bond donors (Lipinski definition) is 1. The summed E-state index contributed by atoms with van der Waals surface area (Å²) in [4.78, 5) is 15.8. The highest BCUT2D eigenvalue weighted by atomic mass is 35.5. The number of thiazole rings is 1. The molecule has 1 N–H and O–H groups in total. The van der Waals surface area contributed by atoms with Crippen LogP contribution in [-0.4, -0.2) is 29.3 Å². The van der Waals surface area contributed by atoms with Crippen LogP contribution in [0.2, 0.25) is 5.02 Å². The molecule has 0 aliphatic carbocycles. The van der Waals surface area contributed by atoms with Crippen LogP contribution in [0.25, 0.3) is 11.3 Å². The predicted molar refractivity (Wildman–Crippen MR) is 107 cm³/mol. The molecule has 0 atom stereocenters. The lowest BCUT2D eigenvalue weighted by atomic mass is 10.1. The number of anilines is 1. The first-order valence-electron chi connectivity index (χ1n) is 7.78. The van der Waals surface area contributed by atoms with Gasteiger partial charge in [0.15, 0.2) is 0 Å². The zero-order chi connectivity index (χ0) is 18.7. The maximum atomic E-state index is 11.3. The molecule has 2 aromatic carbocycles. The molecule has 0 fully saturated rings. The van der Waals surface area contributed by atoms with E-state index in [-0.39, 0.29) is 5.56 Å². The number of carbonyl (C=O) groups is 1. The molecule has 26 heavy (non-hydrogen) atoms. The third-order valence-corrected chi connectivity index (χ3v) is 4.95. The van der Waals surface area contributed by atoms with Crippen LogP contribution in [-0.2, 0) is 0 Å². The monoisotopic (exact) mass is 385 g/mol. The smallest absolute Gasteiger partial charge is 0.336 e. The molecular formula is C19H16ClN3O2S. The molecule has 0 unspecified atom stereocenters. The van der Waals surface area contributed by atoms with Crippen molar-refractivity contribution in [2.75, 3.05) is 12.1 Å². The molecule has 132 valence electrons. The van der Waals surface area contributed by atoms with Crippen LogP contribution in [0.3, 0.4) is 0 Å². The van der Waals surface area contributed by atoms with E-state index >= 15 is 0 Å². The van der Waals surface area contributed by atoms with Gasteiger partial charge in [0.25, 0.3) is 0 Å². The van der Waals surface area contributed by atoms with Crippen LogP contribution in [0, 0.1) is 6.92 Å². The molecule has 0 radical (unpaired) electrons. The fraction of sp³-hybridized carbons (Fsp3) is 0.105. The third kappa shape index (κ3) is 3.92. The summed E-state index contributed by atoms with van der Waals surface area (Å²) in [6.07, 6.45) is 1.52. The van der Waals surface area contributed by atoms with Crippen molar-refractivity contribution >= 4 is 40.3 Å². The highest BCUT2D eigenvalue weighted by molar-refractivity contribution is 7.14. The Labute approximate surface area is 160 Å². The molecule has 0 saturated heterocycles. The molecule has 1 heterocycles. The number of aryl methyl sites for hydroxylation is 1. The number of hydrazone groups is 1. The van der Waals surface area contributed by atoms with Crippen molar-refractivity contribution in [3.63, 3.8) is 0 Å². The highest BCUT2D eigenvalue weighted by Crippen LogP contribution is 2.32. The number of nitrogens with zero attached hydrogens (tertiary/aromatic N) is 3. The number of carboxylic acids is 1. The van der Waals surface area contributed by atoms with Crippen molar-refractivity contribution in [2.24, 2.45) is 5.10 Å². The third-order valence-electron chi connectivity index (χ3n) is 3.73. The maximum Gasteiger partial charge on any atom is 0.336 e. The SMILES string of the molecule is Cc1ccc(-c2csc(N(C)/N=C/c3ccccc3C(=O)O)n2)c(Cl)c1. The lowest BCUT2D eigenvalue weighted by Gasteiger charge is -2.08. The van der Waals surface area contributed by atoms with Gasteiger partial charge < -0.3 is 5.11 Å². The van der Waals surface area contributed by atoms with E-state index in [1.807, 2.05) is 30.5 Å². The standard InChI is InChI=1S/C19H16ClN3O2S/c1-12-7-8-15(16(20)9-12)17-11-26-19(22-17)23(2)21-10-13-5-3-4-6-14(13)18(24)25/h3-11H,1-2H3,(H,24,25)/b21-10+. The fourth-order valence-corrected chi connectivity index (χ4v) is 3.45. The largest absolute Gasteiger partial charge is 0.478 e. The number of hydrogen-bond acceptors (Lipinski definition) is 5. The molecule has 3 rings (SSSR count). The van der Waals surface area contributed by atoms with Crippen molar-refractivity contribution in [2.45, 2.75) is 6.92 Å². The van der Waals surface area contributed by atoms with Crippen LogP contribution in [0.1, 0.15) is 21.5 Å². The summed E-state index contributed by atoms with van der Waals surface area (Å²) < 4.78 is 0. The number of halogens is 1. The first-order valence-corrected chi connectivity index (χ1v) is 9.03. The molecular weight excluding hydrogens is 370 g/mol. The van der Waals surface area contributed by atoms with Crippen LogP contribution in [0.5, 0.6) is 0 Å². The Morgan fingerprint density at radius 1 is 1.31 bits per heavy atom. The molecule has 7 heteroatoms. The molecule has 3 aromatic rings. The average Bonchev–Trinajstić information content (AvgIpc) is 3.09.